The number of pyridine rings is 1. The molecule has 2 aromatic heterocycles. The third-order valence-electron chi connectivity index (χ3n) is 5.03. The van der Waals surface area contributed by atoms with Crippen LogP contribution in [0, 0.1) is 0 Å². The fraction of sp³-hybridized carbons (Fsp3) is 0.0870. The van der Waals surface area contributed by atoms with Gasteiger partial charge in [0.25, 0.3) is 11.8 Å². The van der Waals surface area contributed by atoms with E-state index < -0.39 is 11.8 Å². The molecule has 4 rings (SSSR count). The van der Waals surface area contributed by atoms with Gasteiger partial charge in [0.2, 0.25) is 11.8 Å². The zero-order valence-corrected chi connectivity index (χ0v) is 16.5. The van der Waals surface area contributed by atoms with Crippen molar-refractivity contribution in [1.82, 2.24) is 9.55 Å². The molecule has 0 aliphatic carbocycles. The Morgan fingerprint density at radius 2 is 1.45 bits per heavy atom. The number of aromatic nitrogens is 2. The van der Waals surface area contributed by atoms with Crippen molar-refractivity contribution in [3.63, 3.8) is 0 Å². The summed E-state index contributed by atoms with van der Waals surface area (Å²) < 4.78 is 1.39. The second-order valence-electron chi connectivity index (χ2n) is 6.91. The van der Waals surface area contributed by atoms with Gasteiger partial charge in [0.15, 0.2) is 0 Å². The van der Waals surface area contributed by atoms with Gasteiger partial charge in [-0.2, -0.15) is 0 Å². The Morgan fingerprint density at radius 3 is 2.13 bits per heavy atom. The summed E-state index contributed by atoms with van der Waals surface area (Å²) in [4.78, 5) is 28.2. The maximum Gasteiger partial charge on any atom is 0.295 e. The lowest BCUT2D eigenvalue weighted by molar-refractivity contribution is 0.0947. The van der Waals surface area contributed by atoms with E-state index in [2.05, 4.69) is 15.2 Å². The van der Waals surface area contributed by atoms with E-state index >= 15 is 0 Å². The molecule has 0 aliphatic heterocycles. The normalized spacial score (nSPS) is 12.3. The molecule has 0 fully saturated rings. The molecular weight excluding hydrogens is 396 g/mol. The summed E-state index contributed by atoms with van der Waals surface area (Å²) >= 11 is 0. The fourth-order valence-corrected chi connectivity index (χ4v) is 3.37. The Kier molecular flexibility index (Phi) is 5.28. The molecule has 0 radical (unpaired) electrons. The first-order chi connectivity index (χ1) is 15.0. The molecule has 8 nitrogen and oxygen atoms in total. The van der Waals surface area contributed by atoms with Crippen LogP contribution in [0.2, 0.25) is 0 Å². The monoisotopic (exact) mass is 414 g/mol. The first kappa shape index (κ1) is 20.0. The lowest BCUT2D eigenvalue weighted by Crippen LogP contribution is -2.05. The largest absolute Gasteiger partial charge is 0.494 e. The van der Waals surface area contributed by atoms with E-state index in [4.69, 9.17) is 0 Å². The van der Waals surface area contributed by atoms with Gasteiger partial charge >= 0.3 is 0 Å². The molecule has 0 aliphatic rings. The van der Waals surface area contributed by atoms with Crippen molar-refractivity contribution in [2.75, 3.05) is 0 Å². The lowest BCUT2D eigenvalue weighted by Gasteiger charge is -2.16. The standard InChI is InChI=1S/C23H18N4O4/c1-14(15-5-3-2-4-6-15)27-22(30)18-8-7-17(13-19(18)23(27)31)21(29)26-25-20(28)16-9-11-24-12-10-16/h2-14,30-31H,1H3/t14-/m0/s1. The van der Waals surface area contributed by atoms with Gasteiger partial charge in [0.1, 0.15) is 0 Å². The van der Waals surface area contributed by atoms with Crippen LogP contribution in [-0.2, 0) is 0 Å². The Bertz CT molecular complexity index is 1300. The summed E-state index contributed by atoms with van der Waals surface area (Å²) in [6.45, 7) is 1.85. The van der Waals surface area contributed by atoms with Crippen molar-refractivity contribution >= 4 is 22.6 Å². The van der Waals surface area contributed by atoms with Crippen molar-refractivity contribution < 1.29 is 19.8 Å². The number of carbonyl (C=O) groups excluding carboxylic acids is 2. The van der Waals surface area contributed by atoms with Gasteiger partial charge < -0.3 is 10.2 Å². The van der Waals surface area contributed by atoms with Crippen LogP contribution < -0.4 is 0 Å². The predicted molar refractivity (Wildman–Crippen MR) is 113 cm³/mol. The van der Waals surface area contributed by atoms with Gasteiger partial charge in [-0.05, 0) is 42.8 Å². The van der Waals surface area contributed by atoms with Crippen molar-refractivity contribution in [1.29, 1.82) is 0 Å². The van der Waals surface area contributed by atoms with Crippen molar-refractivity contribution in [2.24, 2.45) is 10.2 Å². The minimum Gasteiger partial charge on any atom is -0.494 e. The number of fused-ring (bicyclic) bond motifs is 1. The molecule has 4 aromatic rings. The molecule has 0 spiro atoms. The quantitative estimate of drug-likeness (QED) is 0.477. The zero-order chi connectivity index (χ0) is 22.0. The molecule has 0 bridgehead atoms. The molecule has 1 atom stereocenters. The van der Waals surface area contributed by atoms with Gasteiger partial charge in [0, 0.05) is 34.3 Å². The number of nitrogens with zero attached hydrogens (tertiary/aromatic N) is 4. The van der Waals surface area contributed by atoms with Crippen LogP contribution in [-0.4, -0.2) is 31.6 Å². The number of benzene rings is 2. The van der Waals surface area contributed by atoms with E-state index in [9.17, 15) is 19.8 Å². The Balaban J connectivity index is 1.65. The number of hydrogen-bond acceptors (Lipinski definition) is 5. The van der Waals surface area contributed by atoms with E-state index in [1.54, 1.807) is 0 Å². The molecular formula is C23H18N4O4. The summed E-state index contributed by atoms with van der Waals surface area (Å²) in [5.74, 6) is -1.70. The smallest absolute Gasteiger partial charge is 0.295 e. The minimum atomic E-state index is -0.743. The maximum absolute atomic E-state index is 12.4. The second-order valence-corrected chi connectivity index (χ2v) is 6.91. The van der Waals surface area contributed by atoms with E-state index in [1.165, 1.54) is 47.3 Å². The third kappa shape index (κ3) is 3.78. The highest BCUT2D eigenvalue weighted by atomic mass is 16.3. The summed E-state index contributed by atoms with van der Waals surface area (Å²) in [7, 11) is 0. The number of amides is 2. The van der Waals surface area contributed by atoms with E-state index in [0.717, 1.165) is 5.56 Å². The number of azo groups is 1. The first-order valence-electron chi connectivity index (χ1n) is 9.48. The molecule has 0 unspecified atom stereocenters. The highest BCUT2D eigenvalue weighted by molar-refractivity contribution is 6.03. The predicted octanol–water partition coefficient (Wildman–Crippen LogP) is 4.49. The Labute approximate surface area is 177 Å². The fourth-order valence-electron chi connectivity index (χ4n) is 3.37. The SMILES string of the molecule is C[C@@H](c1ccccc1)n1c(O)c2ccc(C(=O)N=NC(=O)c3ccncc3)cc2c1O. The average molecular weight is 414 g/mol. The van der Waals surface area contributed by atoms with Crippen LogP contribution in [0.15, 0.2) is 83.3 Å². The van der Waals surface area contributed by atoms with Gasteiger partial charge in [-0.25, -0.2) is 0 Å². The lowest BCUT2D eigenvalue weighted by atomic mass is 10.1. The maximum atomic E-state index is 12.4. The summed E-state index contributed by atoms with van der Waals surface area (Å²) in [5, 5.41) is 29.0. The van der Waals surface area contributed by atoms with E-state index in [-0.39, 0.29) is 28.9 Å². The van der Waals surface area contributed by atoms with Crippen LogP contribution in [0.5, 0.6) is 11.8 Å². The second kappa shape index (κ2) is 8.19. The van der Waals surface area contributed by atoms with Crippen LogP contribution in [0.1, 0.15) is 39.2 Å². The molecule has 2 aromatic carbocycles. The summed E-state index contributed by atoms with van der Waals surface area (Å²) in [6, 6.07) is 16.4. The highest BCUT2D eigenvalue weighted by Crippen LogP contribution is 2.40. The Morgan fingerprint density at radius 1 is 0.839 bits per heavy atom. The third-order valence-corrected chi connectivity index (χ3v) is 5.03. The molecule has 2 N–H and O–H groups in total. The topological polar surface area (TPSA) is 117 Å². The van der Waals surface area contributed by atoms with Crippen LogP contribution in [0.25, 0.3) is 10.8 Å². The van der Waals surface area contributed by atoms with Gasteiger partial charge in [-0.15, -0.1) is 10.2 Å². The van der Waals surface area contributed by atoms with Crippen LogP contribution in [0.3, 0.4) is 0 Å². The van der Waals surface area contributed by atoms with Crippen molar-refractivity contribution in [3.8, 4) is 11.8 Å². The number of carbonyl (C=O) groups is 2. The molecule has 154 valence electrons. The minimum absolute atomic E-state index is 0.114. The van der Waals surface area contributed by atoms with Gasteiger partial charge in [-0.3, -0.25) is 19.1 Å². The van der Waals surface area contributed by atoms with Crippen molar-refractivity contribution in [2.45, 2.75) is 13.0 Å². The summed E-state index contributed by atoms with van der Waals surface area (Å²) in [6.07, 6.45) is 2.88. The molecule has 31 heavy (non-hydrogen) atoms. The highest BCUT2D eigenvalue weighted by Gasteiger charge is 2.22. The van der Waals surface area contributed by atoms with Gasteiger partial charge in [0.05, 0.1) is 6.04 Å². The van der Waals surface area contributed by atoms with E-state index in [1.807, 2.05) is 37.3 Å². The Hall–Kier alpha value is -4.33. The van der Waals surface area contributed by atoms with Crippen LogP contribution >= 0.6 is 0 Å². The van der Waals surface area contributed by atoms with Crippen LogP contribution in [0.4, 0.5) is 0 Å². The molecule has 2 amide bonds. The number of aromatic hydroxyl groups is 2. The molecule has 0 saturated heterocycles. The zero-order valence-electron chi connectivity index (χ0n) is 16.5. The summed E-state index contributed by atoms with van der Waals surface area (Å²) in [5.41, 5.74) is 1.28. The molecule has 2 heterocycles. The number of hydrogen-bond donors (Lipinski definition) is 2. The number of rotatable bonds is 4. The van der Waals surface area contributed by atoms with E-state index in [0.29, 0.717) is 10.8 Å². The van der Waals surface area contributed by atoms with Gasteiger partial charge in [-0.1, -0.05) is 30.3 Å². The first-order valence-corrected chi connectivity index (χ1v) is 9.48. The van der Waals surface area contributed by atoms with Crippen molar-refractivity contribution in [3.05, 3.63) is 89.7 Å². The molecule has 8 heteroatoms. The molecule has 0 saturated carbocycles. The average Bonchev–Trinajstić information content (AvgIpc) is 3.07.